The van der Waals surface area contributed by atoms with Crippen LogP contribution < -0.4 is 5.32 Å². The van der Waals surface area contributed by atoms with Gasteiger partial charge in [-0.1, -0.05) is 30.3 Å². The minimum Gasteiger partial charge on any atom is -0.394 e. The van der Waals surface area contributed by atoms with Crippen molar-refractivity contribution >= 4 is 5.91 Å². The molecule has 1 heterocycles. The van der Waals surface area contributed by atoms with Gasteiger partial charge in [-0.15, -0.1) is 0 Å². The lowest BCUT2D eigenvalue weighted by Gasteiger charge is -2.29. The molecule has 1 amide bonds. The summed E-state index contributed by atoms with van der Waals surface area (Å²) in [4.78, 5) is 12.2. The highest BCUT2D eigenvalue weighted by Crippen LogP contribution is 2.20. The Bertz CT molecular complexity index is 563. The monoisotopic (exact) mass is 258 g/mol. The van der Waals surface area contributed by atoms with Crippen LogP contribution in [0.4, 0.5) is 0 Å². The maximum Gasteiger partial charge on any atom is 0.268 e. The number of carbonyl (C=O) groups is 1. The van der Waals surface area contributed by atoms with Crippen LogP contribution in [0.5, 0.6) is 0 Å². The average molecular weight is 258 g/mol. The van der Waals surface area contributed by atoms with E-state index in [0.717, 1.165) is 5.56 Å². The second-order valence-electron chi connectivity index (χ2n) is 4.81. The summed E-state index contributed by atoms with van der Waals surface area (Å²) in [6, 6.07) is 13.0. The van der Waals surface area contributed by atoms with Crippen molar-refractivity contribution in [2.75, 3.05) is 6.61 Å². The summed E-state index contributed by atoms with van der Waals surface area (Å²) in [5.74, 6) is -0.201. The van der Waals surface area contributed by atoms with E-state index in [2.05, 4.69) is 5.32 Å². The van der Waals surface area contributed by atoms with Crippen LogP contribution >= 0.6 is 0 Å². The molecule has 1 aromatic heterocycles. The number of aryl methyl sites for hydroxylation is 1. The van der Waals surface area contributed by atoms with Gasteiger partial charge in [0.25, 0.3) is 5.91 Å². The number of nitrogens with one attached hydrogen (secondary N) is 1. The number of aliphatic hydroxyl groups is 1. The van der Waals surface area contributed by atoms with Gasteiger partial charge in [-0.25, -0.2) is 0 Å². The predicted octanol–water partition coefficient (Wildman–Crippen LogP) is 1.66. The van der Waals surface area contributed by atoms with Crippen LogP contribution in [-0.4, -0.2) is 22.2 Å². The molecule has 0 saturated carbocycles. The molecule has 4 nitrogen and oxygen atoms in total. The molecular formula is C15H18N2O2. The second kappa shape index (κ2) is 5.28. The van der Waals surface area contributed by atoms with Gasteiger partial charge in [-0.05, 0) is 24.6 Å². The minimum atomic E-state index is -0.789. The van der Waals surface area contributed by atoms with Crippen molar-refractivity contribution in [2.24, 2.45) is 7.05 Å². The predicted molar refractivity (Wildman–Crippen MR) is 73.8 cm³/mol. The van der Waals surface area contributed by atoms with Gasteiger partial charge in [-0.2, -0.15) is 0 Å². The van der Waals surface area contributed by atoms with Crippen molar-refractivity contribution in [3.8, 4) is 0 Å². The van der Waals surface area contributed by atoms with Gasteiger partial charge in [0, 0.05) is 13.2 Å². The topological polar surface area (TPSA) is 54.3 Å². The molecule has 0 bridgehead atoms. The number of hydrogen-bond donors (Lipinski definition) is 2. The Morgan fingerprint density at radius 1 is 1.26 bits per heavy atom. The summed E-state index contributed by atoms with van der Waals surface area (Å²) in [6.07, 6.45) is 1.81. The van der Waals surface area contributed by atoms with Crippen LogP contribution in [0.3, 0.4) is 0 Å². The summed E-state index contributed by atoms with van der Waals surface area (Å²) in [7, 11) is 1.81. The van der Waals surface area contributed by atoms with Crippen molar-refractivity contribution < 1.29 is 9.90 Å². The van der Waals surface area contributed by atoms with E-state index in [1.165, 1.54) is 0 Å². The first-order chi connectivity index (χ1) is 9.07. The molecule has 0 radical (unpaired) electrons. The normalized spacial score (nSPS) is 13.8. The van der Waals surface area contributed by atoms with Crippen molar-refractivity contribution in [2.45, 2.75) is 12.5 Å². The van der Waals surface area contributed by atoms with Crippen molar-refractivity contribution in [3.63, 3.8) is 0 Å². The third-order valence-corrected chi connectivity index (χ3v) is 3.29. The number of carbonyl (C=O) groups excluding carboxylic acids is 1. The lowest BCUT2D eigenvalue weighted by molar-refractivity contribution is 0.0841. The molecular weight excluding hydrogens is 240 g/mol. The molecule has 0 aliphatic rings. The van der Waals surface area contributed by atoms with Gasteiger partial charge in [-0.3, -0.25) is 4.79 Å². The highest BCUT2D eigenvalue weighted by molar-refractivity contribution is 5.93. The standard InChI is InChI=1S/C15H18N2O2/c1-15(11-18,12-7-4-3-5-8-12)16-14(19)13-9-6-10-17(13)2/h3-10,18H,11H2,1-2H3,(H,16,19). The SMILES string of the molecule is Cn1cccc1C(=O)NC(C)(CO)c1ccccc1. The zero-order chi connectivity index (χ0) is 13.9. The van der Waals surface area contributed by atoms with E-state index in [0.29, 0.717) is 5.69 Å². The number of benzene rings is 1. The molecule has 2 rings (SSSR count). The smallest absolute Gasteiger partial charge is 0.268 e. The van der Waals surface area contributed by atoms with Crippen LogP contribution in [0.25, 0.3) is 0 Å². The molecule has 0 fully saturated rings. The summed E-state index contributed by atoms with van der Waals surface area (Å²) in [6.45, 7) is 1.65. The fourth-order valence-corrected chi connectivity index (χ4v) is 2.02. The Hall–Kier alpha value is -2.07. The number of aromatic nitrogens is 1. The van der Waals surface area contributed by atoms with Crippen LogP contribution in [0.2, 0.25) is 0 Å². The molecule has 0 spiro atoms. The molecule has 100 valence electrons. The maximum atomic E-state index is 12.2. The number of nitrogens with zero attached hydrogens (tertiary/aromatic N) is 1. The van der Waals surface area contributed by atoms with E-state index in [1.54, 1.807) is 10.6 Å². The average Bonchev–Trinajstić information content (AvgIpc) is 2.86. The molecule has 0 aliphatic heterocycles. The number of amides is 1. The van der Waals surface area contributed by atoms with E-state index in [9.17, 15) is 9.90 Å². The Labute approximate surface area is 112 Å². The van der Waals surface area contributed by atoms with Crippen molar-refractivity contribution in [1.82, 2.24) is 9.88 Å². The first-order valence-corrected chi connectivity index (χ1v) is 6.17. The molecule has 0 saturated heterocycles. The molecule has 1 aromatic carbocycles. The van der Waals surface area contributed by atoms with Crippen LogP contribution in [0.1, 0.15) is 23.0 Å². The van der Waals surface area contributed by atoms with Gasteiger partial charge in [0.05, 0.1) is 12.1 Å². The Kier molecular flexibility index (Phi) is 3.71. The maximum absolute atomic E-state index is 12.2. The summed E-state index contributed by atoms with van der Waals surface area (Å²) < 4.78 is 1.75. The van der Waals surface area contributed by atoms with E-state index >= 15 is 0 Å². The minimum absolute atomic E-state index is 0.160. The lowest BCUT2D eigenvalue weighted by Crippen LogP contribution is -2.46. The summed E-state index contributed by atoms with van der Waals surface area (Å²) in [5.41, 5.74) is 0.651. The third kappa shape index (κ3) is 2.69. The summed E-state index contributed by atoms with van der Waals surface area (Å²) >= 11 is 0. The van der Waals surface area contributed by atoms with E-state index < -0.39 is 5.54 Å². The molecule has 0 aliphatic carbocycles. The zero-order valence-electron chi connectivity index (χ0n) is 11.1. The van der Waals surface area contributed by atoms with Gasteiger partial charge in [0.1, 0.15) is 5.69 Å². The quantitative estimate of drug-likeness (QED) is 0.876. The Morgan fingerprint density at radius 3 is 2.47 bits per heavy atom. The molecule has 1 unspecified atom stereocenters. The van der Waals surface area contributed by atoms with E-state index in [-0.39, 0.29) is 12.5 Å². The Balaban J connectivity index is 2.25. The fraction of sp³-hybridized carbons (Fsp3) is 0.267. The van der Waals surface area contributed by atoms with Gasteiger partial charge >= 0.3 is 0 Å². The second-order valence-corrected chi connectivity index (χ2v) is 4.81. The van der Waals surface area contributed by atoms with Crippen molar-refractivity contribution in [3.05, 3.63) is 59.9 Å². The number of hydrogen-bond acceptors (Lipinski definition) is 2. The molecule has 2 N–H and O–H groups in total. The first-order valence-electron chi connectivity index (χ1n) is 6.17. The first kappa shape index (κ1) is 13.4. The lowest BCUT2D eigenvalue weighted by atomic mass is 9.93. The summed E-state index contributed by atoms with van der Waals surface area (Å²) in [5, 5.41) is 12.5. The van der Waals surface area contributed by atoms with E-state index in [1.807, 2.05) is 56.6 Å². The Morgan fingerprint density at radius 2 is 1.95 bits per heavy atom. The number of aliphatic hydroxyl groups excluding tert-OH is 1. The molecule has 19 heavy (non-hydrogen) atoms. The molecule has 4 heteroatoms. The fourth-order valence-electron chi connectivity index (χ4n) is 2.02. The van der Waals surface area contributed by atoms with Gasteiger partial charge in [0.15, 0.2) is 0 Å². The molecule has 1 atom stereocenters. The molecule has 2 aromatic rings. The van der Waals surface area contributed by atoms with Gasteiger partial charge in [0.2, 0.25) is 0 Å². The zero-order valence-corrected chi connectivity index (χ0v) is 11.1. The largest absolute Gasteiger partial charge is 0.394 e. The van der Waals surface area contributed by atoms with Crippen LogP contribution in [0.15, 0.2) is 48.7 Å². The van der Waals surface area contributed by atoms with E-state index in [4.69, 9.17) is 0 Å². The third-order valence-electron chi connectivity index (χ3n) is 3.29. The van der Waals surface area contributed by atoms with Crippen molar-refractivity contribution in [1.29, 1.82) is 0 Å². The van der Waals surface area contributed by atoms with Crippen LogP contribution in [0, 0.1) is 0 Å². The number of rotatable bonds is 4. The highest BCUT2D eigenvalue weighted by Gasteiger charge is 2.28. The highest BCUT2D eigenvalue weighted by atomic mass is 16.3. The van der Waals surface area contributed by atoms with Crippen LogP contribution in [-0.2, 0) is 12.6 Å². The van der Waals surface area contributed by atoms with Gasteiger partial charge < -0.3 is 15.0 Å².